The van der Waals surface area contributed by atoms with Crippen molar-refractivity contribution in [2.75, 3.05) is 18.5 Å². The minimum absolute atomic E-state index is 0.0311. The molecule has 0 aromatic heterocycles. The number of likely N-dealkylation sites (N-methyl/N-ethyl adjacent to an activating group) is 1. The number of carboxylic acid groups (broad SMARTS) is 1. The fourth-order valence-electron chi connectivity index (χ4n) is 2.14. The molecule has 0 heterocycles. The first-order valence-electron chi connectivity index (χ1n) is 8.88. The molecule has 0 aliphatic rings. The van der Waals surface area contributed by atoms with Crippen molar-refractivity contribution in [2.24, 2.45) is 5.73 Å². The highest BCUT2D eigenvalue weighted by Gasteiger charge is 2.20. The molecule has 0 saturated carbocycles. The van der Waals surface area contributed by atoms with Gasteiger partial charge in [-0.25, -0.2) is 0 Å². The van der Waals surface area contributed by atoms with E-state index < -0.39 is 29.9 Å². The first kappa shape index (κ1) is 22.7. The Labute approximate surface area is 162 Å². The summed E-state index contributed by atoms with van der Waals surface area (Å²) >= 11 is 0. The molecule has 1 aromatic rings. The van der Waals surface area contributed by atoms with E-state index in [4.69, 9.17) is 15.6 Å². The molecule has 10 heteroatoms. The van der Waals surface area contributed by atoms with Crippen LogP contribution in [0.15, 0.2) is 24.3 Å². The first-order valence-corrected chi connectivity index (χ1v) is 8.88. The number of anilines is 1. The second kappa shape index (κ2) is 12.2. The number of amides is 3. The summed E-state index contributed by atoms with van der Waals surface area (Å²) in [5.74, 6) is -1.84. The number of hydrogen-bond acceptors (Lipinski definition) is 6. The molecule has 1 aromatic carbocycles. The number of nitrogens with two attached hydrogens (primary N) is 1. The summed E-state index contributed by atoms with van der Waals surface area (Å²) in [6.45, 7) is 2.41. The second-order valence-electron chi connectivity index (χ2n) is 5.88. The predicted molar refractivity (Wildman–Crippen MR) is 101 cm³/mol. The second-order valence-corrected chi connectivity index (χ2v) is 5.88. The minimum atomic E-state index is -1.03. The third-order valence-electron chi connectivity index (χ3n) is 3.49. The first-order chi connectivity index (χ1) is 13.3. The zero-order valence-corrected chi connectivity index (χ0v) is 15.7. The van der Waals surface area contributed by atoms with Crippen LogP contribution in [-0.4, -0.2) is 48.1 Å². The van der Waals surface area contributed by atoms with Gasteiger partial charge in [0.1, 0.15) is 5.75 Å². The molecule has 1 atom stereocenters. The van der Waals surface area contributed by atoms with Crippen molar-refractivity contribution in [3.05, 3.63) is 24.3 Å². The summed E-state index contributed by atoms with van der Waals surface area (Å²) in [4.78, 5) is 45.3. The monoisotopic (exact) mass is 394 g/mol. The van der Waals surface area contributed by atoms with Gasteiger partial charge in [-0.2, -0.15) is 0 Å². The van der Waals surface area contributed by atoms with Crippen molar-refractivity contribution in [3.8, 4) is 5.75 Å². The zero-order valence-electron chi connectivity index (χ0n) is 15.7. The van der Waals surface area contributed by atoms with Gasteiger partial charge in [0.15, 0.2) is 6.17 Å². The summed E-state index contributed by atoms with van der Waals surface area (Å²) in [6.07, 6.45) is -0.824. The maximum atomic E-state index is 12.2. The molecule has 0 bridgehead atoms. The molecule has 1 unspecified atom stereocenters. The SMILES string of the molecule is CCNC(=O)C(NC(=O)CCC(N)=O)Nc1ccc(OCCCC(=O)O)cc1. The Morgan fingerprint density at radius 1 is 1.11 bits per heavy atom. The van der Waals surface area contributed by atoms with Gasteiger partial charge in [0.05, 0.1) is 6.61 Å². The minimum Gasteiger partial charge on any atom is -0.494 e. The topological polar surface area (TPSA) is 160 Å². The highest BCUT2D eigenvalue weighted by atomic mass is 16.5. The molecule has 28 heavy (non-hydrogen) atoms. The lowest BCUT2D eigenvalue weighted by Crippen LogP contribution is -2.51. The number of hydrogen-bond donors (Lipinski definition) is 5. The van der Waals surface area contributed by atoms with E-state index in [0.29, 0.717) is 24.4 Å². The lowest BCUT2D eigenvalue weighted by molar-refractivity contribution is -0.137. The third-order valence-corrected chi connectivity index (χ3v) is 3.49. The van der Waals surface area contributed by atoms with Crippen LogP contribution in [0, 0.1) is 0 Å². The van der Waals surface area contributed by atoms with Gasteiger partial charge in [-0.3, -0.25) is 19.2 Å². The molecular formula is C18H26N4O6. The van der Waals surface area contributed by atoms with Crippen molar-refractivity contribution in [1.82, 2.24) is 10.6 Å². The number of nitrogens with one attached hydrogen (secondary N) is 3. The van der Waals surface area contributed by atoms with E-state index in [1.807, 2.05) is 0 Å². The molecule has 10 nitrogen and oxygen atoms in total. The number of aliphatic carboxylic acids is 1. The quantitative estimate of drug-likeness (QED) is 0.236. The normalized spacial score (nSPS) is 11.2. The van der Waals surface area contributed by atoms with Crippen molar-refractivity contribution in [3.63, 3.8) is 0 Å². The highest BCUT2D eigenvalue weighted by molar-refractivity contribution is 5.90. The Kier molecular flexibility index (Phi) is 9.87. The number of primary amides is 1. The number of benzene rings is 1. The molecule has 0 aliphatic heterocycles. The van der Waals surface area contributed by atoms with E-state index in [9.17, 15) is 19.2 Å². The number of ether oxygens (including phenoxy) is 1. The molecular weight excluding hydrogens is 368 g/mol. The molecule has 0 fully saturated rings. The van der Waals surface area contributed by atoms with Gasteiger partial charge in [-0.1, -0.05) is 0 Å². The maximum absolute atomic E-state index is 12.2. The van der Waals surface area contributed by atoms with E-state index in [1.54, 1.807) is 31.2 Å². The largest absolute Gasteiger partial charge is 0.494 e. The van der Waals surface area contributed by atoms with Crippen molar-refractivity contribution in [2.45, 2.75) is 38.8 Å². The Balaban J connectivity index is 2.63. The summed E-state index contributed by atoms with van der Waals surface area (Å²) < 4.78 is 5.44. The standard InChI is InChI=1S/C18H26N4O6/c1-2-20-18(27)17(22-15(24)10-9-14(19)23)21-12-5-7-13(8-6-12)28-11-3-4-16(25)26/h5-8,17,21H,2-4,9-11H2,1H3,(H2,19,23)(H,20,27)(H,22,24)(H,25,26). The van der Waals surface area contributed by atoms with Crippen LogP contribution >= 0.6 is 0 Å². The fourth-order valence-corrected chi connectivity index (χ4v) is 2.14. The van der Waals surface area contributed by atoms with Gasteiger partial charge in [-0.05, 0) is 37.6 Å². The van der Waals surface area contributed by atoms with Crippen LogP contribution in [0.5, 0.6) is 5.75 Å². The average Bonchev–Trinajstić information content (AvgIpc) is 2.64. The number of rotatable bonds is 13. The summed E-state index contributed by atoms with van der Waals surface area (Å²) in [6, 6.07) is 6.64. The summed E-state index contributed by atoms with van der Waals surface area (Å²) in [5, 5.41) is 16.6. The molecule has 0 aliphatic carbocycles. The Morgan fingerprint density at radius 3 is 2.36 bits per heavy atom. The van der Waals surface area contributed by atoms with Crippen LogP contribution in [0.1, 0.15) is 32.6 Å². The van der Waals surface area contributed by atoms with E-state index >= 15 is 0 Å². The van der Waals surface area contributed by atoms with Gasteiger partial charge in [0, 0.05) is 31.5 Å². The highest BCUT2D eigenvalue weighted by Crippen LogP contribution is 2.16. The Morgan fingerprint density at radius 2 is 1.79 bits per heavy atom. The van der Waals surface area contributed by atoms with Crippen molar-refractivity contribution >= 4 is 29.4 Å². The van der Waals surface area contributed by atoms with Crippen LogP contribution in [0.25, 0.3) is 0 Å². The molecule has 1 rings (SSSR count). The van der Waals surface area contributed by atoms with Crippen molar-refractivity contribution < 1.29 is 29.0 Å². The van der Waals surface area contributed by atoms with Gasteiger partial charge in [0.25, 0.3) is 5.91 Å². The van der Waals surface area contributed by atoms with Crippen LogP contribution < -0.4 is 26.4 Å². The van der Waals surface area contributed by atoms with Gasteiger partial charge in [0.2, 0.25) is 11.8 Å². The third kappa shape index (κ3) is 9.41. The van der Waals surface area contributed by atoms with Crippen LogP contribution in [-0.2, 0) is 19.2 Å². The molecule has 6 N–H and O–H groups in total. The average molecular weight is 394 g/mol. The van der Waals surface area contributed by atoms with E-state index in [1.165, 1.54) is 0 Å². The Hall–Kier alpha value is -3.30. The maximum Gasteiger partial charge on any atom is 0.303 e. The van der Waals surface area contributed by atoms with Crippen molar-refractivity contribution in [1.29, 1.82) is 0 Å². The lowest BCUT2D eigenvalue weighted by atomic mass is 10.2. The van der Waals surface area contributed by atoms with E-state index in [2.05, 4.69) is 16.0 Å². The van der Waals surface area contributed by atoms with Gasteiger partial charge in [-0.15, -0.1) is 0 Å². The smallest absolute Gasteiger partial charge is 0.303 e. The van der Waals surface area contributed by atoms with Crippen LogP contribution in [0.3, 0.4) is 0 Å². The zero-order chi connectivity index (χ0) is 20.9. The Bertz CT molecular complexity index is 677. The number of carboxylic acids is 1. The number of carbonyl (C=O) groups excluding carboxylic acids is 3. The molecule has 0 spiro atoms. The molecule has 0 saturated heterocycles. The fraction of sp³-hybridized carbons (Fsp3) is 0.444. The number of carbonyl (C=O) groups is 4. The van der Waals surface area contributed by atoms with Gasteiger partial charge >= 0.3 is 5.97 Å². The van der Waals surface area contributed by atoms with E-state index in [-0.39, 0.29) is 25.9 Å². The van der Waals surface area contributed by atoms with E-state index in [0.717, 1.165) is 0 Å². The van der Waals surface area contributed by atoms with Crippen LogP contribution in [0.4, 0.5) is 5.69 Å². The summed E-state index contributed by atoms with van der Waals surface area (Å²) in [5.41, 5.74) is 5.58. The lowest BCUT2D eigenvalue weighted by Gasteiger charge is -2.20. The molecule has 0 radical (unpaired) electrons. The summed E-state index contributed by atoms with van der Waals surface area (Å²) in [7, 11) is 0. The molecule has 3 amide bonds. The molecule has 154 valence electrons. The van der Waals surface area contributed by atoms with Gasteiger partial charge < -0.3 is 31.5 Å². The predicted octanol–water partition coefficient (Wildman–Crippen LogP) is 0.186. The van der Waals surface area contributed by atoms with Crippen LogP contribution in [0.2, 0.25) is 0 Å².